The first-order chi connectivity index (χ1) is 15.7. The highest BCUT2D eigenvalue weighted by Crippen LogP contribution is 2.22. The summed E-state index contributed by atoms with van der Waals surface area (Å²) in [6.45, 7) is 5.97. The lowest BCUT2D eigenvalue weighted by Gasteiger charge is -2.33. The van der Waals surface area contributed by atoms with Gasteiger partial charge in [-0.2, -0.15) is 0 Å². The van der Waals surface area contributed by atoms with Crippen molar-refractivity contribution in [3.05, 3.63) is 95.8 Å². The molecule has 4 rings (SSSR count). The third kappa shape index (κ3) is 6.17. The summed E-state index contributed by atoms with van der Waals surface area (Å²) in [5.74, 6) is 1.27. The van der Waals surface area contributed by atoms with Crippen molar-refractivity contribution in [2.75, 3.05) is 19.6 Å². The number of carbonyl (C=O) groups is 1. The van der Waals surface area contributed by atoms with Crippen molar-refractivity contribution in [3.8, 4) is 5.75 Å². The second kappa shape index (κ2) is 10.9. The van der Waals surface area contributed by atoms with Gasteiger partial charge in [0, 0.05) is 44.1 Å². The summed E-state index contributed by atoms with van der Waals surface area (Å²) in [5.41, 5.74) is 3.06. The lowest BCUT2D eigenvalue weighted by molar-refractivity contribution is 0.0949. The molecule has 0 aliphatic carbocycles. The summed E-state index contributed by atoms with van der Waals surface area (Å²) in [5, 5.41) is 2.94. The summed E-state index contributed by atoms with van der Waals surface area (Å²) < 4.78 is 6.19. The Balaban J connectivity index is 1.21. The van der Waals surface area contributed by atoms with Gasteiger partial charge in [-0.05, 0) is 66.3 Å². The number of carbonyl (C=O) groups excluding carboxylic acids is 1. The fourth-order valence-corrected chi connectivity index (χ4v) is 4.15. The van der Waals surface area contributed by atoms with E-state index in [2.05, 4.69) is 52.5 Å². The summed E-state index contributed by atoms with van der Waals surface area (Å²) in [7, 11) is 0. The normalized spacial score (nSPS) is 15.8. The lowest BCUT2D eigenvalue weighted by Crippen LogP contribution is -2.39. The number of likely N-dealkylation sites (tertiary alicyclic amines) is 1. The molecule has 1 amide bonds. The fraction of sp³-hybridized carbons (Fsp3) is 0.333. The number of nitrogens with one attached hydrogen (secondary N) is 1. The van der Waals surface area contributed by atoms with E-state index in [1.807, 2.05) is 36.4 Å². The molecule has 0 unspecified atom stereocenters. The van der Waals surface area contributed by atoms with Gasteiger partial charge in [0.2, 0.25) is 0 Å². The molecule has 1 aliphatic heterocycles. The monoisotopic (exact) mass is 429 g/mol. The number of hydrogen-bond acceptors (Lipinski definition) is 4. The average Bonchev–Trinajstić information content (AvgIpc) is 2.85. The van der Waals surface area contributed by atoms with Crippen LogP contribution in [0.1, 0.15) is 47.2 Å². The Kier molecular flexibility index (Phi) is 7.51. The maximum absolute atomic E-state index is 12.4. The van der Waals surface area contributed by atoms with Crippen LogP contribution in [0.5, 0.6) is 5.75 Å². The van der Waals surface area contributed by atoms with Gasteiger partial charge < -0.3 is 15.0 Å². The first kappa shape index (κ1) is 22.0. The molecule has 166 valence electrons. The summed E-state index contributed by atoms with van der Waals surface area (Å²) in [6, 6.07) is 21.9. The number of hydrogen-bond donors (Lipinski definition) is 1. The van der Waals surface area contributed by atoms with Crippen molar-refractivity contribution in [3.63, 3.8) is 0 Å². The standard InChI is InChI=1S/C27H31N3O2/c1-21(23-5-3-2-4-6-23)20-30-17-13-26(14-18-30)32-25-9-7-24(8-10-25)27(31)29-19-22-11-15-28-16-12-22/h2-12,15-16,21,26H,13-14,17-20H2,1H3,(H,29,31)/t21-/m0/s1. The molecule has 0 radical (unpaired) electrons. The fourth-order valence-electron chi connectivity index (χ4n) is 4.15. The third-order valence-electron chi connectivity index (χ3n) is 6.06. The van der Waals surface area contributed by atoms with Crippen molar-refractivity contribution < 1.29 is 9.53 Å². The number of rotatable bonds is 8. The van der Waals surface area contributed by atoms with Crippen LogP contribution in [0.2, 0.25) is 0 Å². The van der Waals surface area contributed by atoms with Crippen molar-refractivity contribution in [1.29, 1.82) is 0 Å². The van der Waals surface area contributed by atoms with Gasteiger partial charge in [-0.25, -0.2) is 0 Å². The Bertz CT molecular complexity index is 969. The predicted molar refractivity (Wildman–Crippen MR) is 127 cm³/mol. The largest absolute Gasteiger partial charge is 0.490 e. The van der Waals surface area contributed by atoms with Gasteiger partial charge in [0.25, 0.3) is 5.91 Å². The number of pyridine rings is 1. The molecule has 1 N–H and O–H groups in total. The molecule has 1 saturated heterocycles. The molecule has 3 aromatic rings. The van der Waals surface area contributed by atoms with E-state index >= 15 is 0 Å². The smallest absolute Gasteiger partial charge is 0.251 e. The highest BCUT2D eigenvalue weighted by molar-refractivity contribution is 5.94. The first-order valence-electron chi connectivity index (χ1n) is 11.4. The number of aromatic nitrogens is 1. The SMILES string of the molecule is C[C@@H](CN1CCC(Oc2ccc(C(=O)NCc3ccncc3)cc2)CC1)c1ccccc1. The first-order valence-corrected chi connectivity index (χ1v) is 11.4. The Hall–Kier alpha value is -3.18. The molecule has 1 aliphatic rings. The number of amides is 1. The van der Waals surface area contributed by atoms with Crippen LogP contribution in [-0.4, -0.2) is 41.5 Å². The van der Waals surface area contributed by atoms with E-state index in [-0.39, 0.29) is 12.0 Å². The Morgan fingerprint density at radius 1 is 1.03 bits per heavy atom. The van der Waals surface area contributed by atoms with E-state index in [9.17, 15) is 4.79 Å². The summed E-state index contributed by atoms with van der Waals surface area (Å²) in [6.07, 6.45) is 5.72. The van der Waals surface area contributed by atoms with E-state index in [1.54, 1.807) is 12.4 Å². The molecule has 5 nitrogen and oxygen atoms in total. The summed E-state index contributed by atoms with van der Waals surface area (Å²) in [4.78, 5) is 18.9. The minimum Gasteiger partial charge on any atom is -0.490 e. The van der Waals surface area contributed by atoms with Crippen molar-refractivity contribution >= 4 is 5.91 Å². The minimum absolute atomic E-state index is 0.0887. The molecule has 1 atom stereocenters. The molecule has 0 bridgehead atoms. The second-order valence-corrected chi connectivity index (χ2v) is 8.49. The number of ether oxygens (including phenoxy) is 1. The van der Waals surface area contributed by atoms with Gasteiger partial charge in [0.1, 0.15) is 11.9 Å². The number of nitrogens with zero attached hydrogens (tertiary/aromatic N) is 2. The molecular formula is C27H31N3O2. The van der Waals surface area contributed by atoms with Gasteiger partial charge in [0.05, 0.1) is 0 Å². The van der Waals surface area contributed by atoms with Crippen LogP contribution in [0, 0.1) is 0 Å². The molecule has 5 heteroatoms. The maximum Gasteiger partial charge on any atom is 0.251 e. The highest BCUT2D eigenvalue weighted by Gasteiger charge is 2.22. The van der Waals surface area contributed by atoms with Crippen molar-refractivity contribution in [2.45, 2.75) is 38.3 Å². The highest BCUT2D eigenvalue weighted by atomic mass is 16.5. The van der Waals surface area contributed by atoms with Gasteiger partial charge in [-0.1, -0.05) is 37.3 Å². The zero-order valence-electron chi connectivity index (χ0n) is 18.6. The summed E-state index contributed by atoms with van der Waals surface area (Å²) >= 11 is 0. The molecule has 32 heavy (non-hydrogen) atoms. The quantitative estimate of drug-likeness (QED) is 0.566. The van der Waals surface area contributed by atoms with Gasteiger partial charge in [-0.3, -0.25) is 9.78 Å². The van der Waals surface area contributed by atoms with Crippen LogP contribution in [0.4, 0.5) is 0 Å². The van der Waals surface area contributed by atoms with E-state index in [4.69, 9.17) is 4.74 Å². The molecule has 1 fully saturated rings. The van der Waals surface area contributed by atoms with Crippen LogP contribution < -0.4 is 10.1 Å². The zero-order valence-corrected chi connectivity index (χ0v) is 18.6. The minimum atomic E-state index is -0.0887. The average molecular weight is 430 g/mol. The van der Waals surface area contributed by atoms with E-state index in [0.29, 0.717) is 18.0 Å². The Labute approximate surface area is 190 Å². The molecule has 2 heterocycles. The Morgan fingerprint density at radius 3 is 2.41 bits per heavy atom. The molecule has 0 saturated carbocycles. The predicted octanol–water partition coefficient (Wildman–Crippen LogP) is 4.66. The molecular weight excluding hydrogens is 398 g/mol. The van der Waals surface area contributed by atoms with E-state index in [0.717, 1.165) is 43.8 Å². The van der Waals surface area contributed by atoms with Crippen LogP contribution in [0.3, 0.4) is 0 Å². The number of benzene rings is 2. The van der Waals surface area contributed by atoms with Crippen molar-refractivity contribution in [1.82, 2.24) is 15.2 Å². The number of piperidine rings is 1. The zero-order chi connectivity index (χ0) is 22.2. The van der Waals surface area contributed by atoms with Crippen LogP contribution in [-0.2, 0) is 6.54 Å². The van der Waals surface area contributed by atoms with Crippen LogP contribution in [0.15, 0.2) is 79.1 Å². The maximum atomic E-state index is 12.4. The van der Waals surface area contributed by atoms with Crippen molar-refractivity contribution in [2.24, 2.45) is 0 Å². The topological polar surface area (TPSA) is 54.5 Å². The van der Waals surface area contributed by atoms with Crippen LogP contribution >= 0.6 is 0 Å². The van der Waals surface area contributed by atoms with Gasteiger partial charge in [0.15, 0.2) is 0 Å². The molecule has 2 aromatic carbocycles. The van der Waals surface area contributed by atoms with E-state index in [1.165, 1.54) is 5.56 Å². The van der Waals surface area contributed by atoms with Gasteiger partial charge in [-0.15, -0.1) is 0 Å². The van der Waals surface area contributed by atoms with Gasteiger partial charge >= 0.3 is 0 Å². The Morgan fingerprint density at radius 2 is 1.72 bits per heavy atom. The van der Waals surface area contributed by atoms with E-state index < -0.39 is 0 Å². The van der Waals surface area contributed by atoms with Crippen LogP contribution in [0.25, 0.3) is 0 Å². The third-order valence-corrected chi connectivity index (χ3v) is 6.06. The molecule has 0 spiro atoms. The molecule has 1 aromatic heterocycles. The second-order valence-electron chi connectivity index (χ2n) is 8.49. The lowest BCUT2D eigenvalue weighted by atomic mass is 9.99.